The van der Waals surface area contributed by atoms with Gasteiger partial charge < -0.3 is 30.5 Å². The Morgan fingerprint density at radius 3 is 2.55 bits per heavy atom. The Kier molecular flexibility index (Phi) is 7.93. The van der Waals surface area contributed by atoms with Crippen LogP contribution in [0.3, 0.4) is 0 Å². The molecule has 204 valence electrons. The smallest absolute Gasteiger partial charge is 0.419 e. The van der Waals surface area contributed by atoms with Gasteiger partial charge in [0.2, 0.25) is 17.7 Å². The first kappa shape index (κ1) is 27.4. The second-order valence-corrected chi connectivity index (χ2v) is 9.39. The molecular formula is C26H28F3N3O6. The van der Waals surface area contributed by atoms with Crippen LogP contribution in [0.2, 0.25) is 0 Å². The van der Waals surface area contributed by atoms with E-state index in [0.717, 1.165) is 12.1 Å². The van der Waals surface area contributed by atoms with E-state index in [4.69, 9.17) is 9.47 Å². The normalized spacial score (nSPS) is 22.0. The number of aliphatic hydroxyl groups is 1. The van der Waals surface area contributed by atoms with Gasteiger partial charge in [0.1, 0.15) is 23.1 Å². The average Bonchev–Trinajstić information content (AvgIpc) is 3.52. The van der Waals surface area contributed by atoms with Crippen LogP contribution in [0.4, 0.5) is 13.2 Å². The van der Waals surface area contributed by atoms with E-state index in [9.17, 15) is 32.7 Å². The van der Waals surface area contributed by atoms with Gasteiger partial charge in [0.15, 0.2) is 0 Å². The van der Waals surface area contributed by atoms with Gasteiger partial charge in [0, 0.05) is 26.0 Å². The Balaban J connectivity index is 1.39. The third-order valence-electron chi connectivity index (χ3n) is 6.53. The fourth-order valence-corrected chi connectivity index (χ4v) is 4.30. The van der Waals surface area contributed by atoms with Crippen LogP contribution in [0, 0.1) is 0 Å². The molecule has 3 atom stereocenters. The molecule has 12 heteroatoms. The van der Waals surface area contributed by atoms with Gasteiger partial charge in [0.05, 0.1) is 18.3 Å². The zero-order valence-electron chi connectivity index (χ0n) is 20.6. The molecule has 0 spiro atoms. The lowest BCUT2D eigenvalue weighted by Crippen LogP contribution is -2.61. The van der Waals surface area contributed by atoms with E-state index in [2.05, 4.69) is 16.0 Å². The number of hydrogen-bond acceptors (Lipinski definition) is 6. The number of rotatable bonds is 8. The van der Waals surface area contributed by atoms with Crippen LogP contribution in [0.25, 0.3) is 0 Å². The summed E-state index contributed by atoms with van der Waals surface area (Å²) in [7, 11) is 0. The van der Waals surface area contributed by atoms with Gasteiger partial charge in [-0.15, -0.1) is 0 Å². The number of carbonyl (C=O) groups is 3. The highest BCUT2D eigenvalue weighted by molar-refractivity contribution is 5.96. The minimum atomic E-state index is -4.68. The lowest BCUT2D eigenvalue weighted by Gasteiger charge is -2.28. The Bertz CT molecular complexity index is 1190. The predicted octanol–water partition coefficient (Wildman–Crippen LogP) is 2.72. The molecule has 2 aliphatic rings. The molecule has 2 aliphatic heterocycles. The molecule has 2 fully saturated rings. The van der Waals surface area contributed by atoms with Gasteiger partial charge in [0.25, 0.3) is 0 Å². The number of benzene rings is 2. The molecule has 3 amide bonds. The molecule has 0 radical (unpaired) electrons. The summed E-state index contributed by atoms with van der Waals surface area (Å²) in [6.07, 6.45) is -4.87. The summed E-state index contributed by atoms with van der Waals surface area (Å²) in [6.45, 7) is 1.74. The van der Waals surface area contributed by atoms with E-state index in [1.807, 2.05) is 0 Å². The van der Waals surface area contributed by atoms with Crippen molar-refractivity contribution in [3.8, 4) is 11.5 Å². The van der Waals surface area contributed by atoms with Crippen LogP contribution in [-0.2, 0) is 31.8 Å². The second kappa shape index (κ2) is 11.0. The predicted molar refractivity (Wildman–Crippen MR) is 128 cm³/mol. The standard InChI is InChI=1S/C26H28F3N3O6/c1-15(33)17-4-8-21(19(12-17)26(27,28)29)38-18-5-2-16(3-6-18)13-30-24(36)25(10-11-37-14-25)32-23(35)20-7-9-22(34)31-20/h2-6,8,12,15,20,33H,7,9-11,13-14H2,1H3,(H,30,36)(H,31,34)(H,32,35). The molecule has 0 bridgehead atoms. The minimum absolute atomic E-state index is 0.00654. The summed E-state index contributed by atoms with van der Waals surface area (Å²) in [4.78, 5) is 37.1. The number of carbonyl (C=O) groups excluding carboxylic acids is 3. The molecule has 0 saturated carbocycles. The summed E-state index contributed by atoms with van der Waals surface area (Å²) in [5.74, 6) is -1.36. The maximum absolute atomic E-state index is 13.5. The first-order valence-electron chi connectivity index (χ1n) is 12.1. The molecule has 4 N–H and O–H groups in total. The third kappa shape index (κ3) is 6.25. The quantitative estimate of drug-likeness (QED) is 0.412. The monoisotopic (exact) mass is 535 g/mol. The van der Waals surface area contributed by atoms with Crippen molar-refractivity contribution in [1.82, 2.24) is 16.0 Å². The second-order valence-electron chi connectivity index (χ2n) is 9.39. The van der Waals surface area contributed by atoms with Crippen molar-refractivity contribution in [3.05, 3.63) is 59.2 Å². The van der Waals surface area contributed by atoms with Crippen molar-refractivity contribution in [3.63, 3.8) is 0 Å². The number of halogens is 3. The van der Waals surface area contributed by atoms with Crippen molar-refractivity contribution in [2.24, 2.45) is 0 Å². The zero-order chi connectivity index (χ0) is 27.5. The number of alkyl halides is 3. The largest absolute Gasteiger partial charge is 0.457 e. The summed E-state index contributed by atoms with van der Waals surface area (Å²) in [5, 5.41) is 17.7. The first-order chi connectivity index (χ1) is 18.0. The van der Waals surface area contributed by atoms with Crippen molar-refractivity contribution in [2.45, 2.75) is 56.6 Å². The molecule has 0 aliphatic carbocycles. The number of ether oxygens (including phenoxy) is 2. The molecule has 38 heavy (non-hydrogen) atoms. The van der Waals surface area contributed by atoms with E-state index in [0.29, 0.717) is 12.0 Å². The molecule has 2 aromatic carbocycles. The SMILES string of the molecule is CC(O)c1ccc(Oc2ccc(CNC(=O)C3(NC(=O)C4CCC(=O)N4)CCOC3)cc2)c(C(F)(F)F)c1. The van der Waals surface area contributed by atoms with Crippen LogP contribution < -0.4 is 20.7 Å². The fraction of sp³-hybridized carbons (Fsp3) is 0.423. The topological polar surface area (TPSA) is 126 Å². The highest BCUT2D eigenvalue weighted by Crippen LogP contribution is 2.39. The molecule has 3 unspecified atom stereocenters. The number of aliphatic hydroxyl groups excluding tert-OH is 1. The first-order valence-corrected chi connectivity index (χ1v) is 12.1. The molecule has 9 nitrogen and oxygen atoms in total. The van der Waals surface area contributed by atoms with Crippen molar-refractivity contribution >= 4 is 17.7 Å². The van der Waals surface area contributed by atoms with E-state index in [1.165, 1.54) is 25.1 Å². The Labute approximate surface area is 216 Å². The van der Waals surface area contributed by atoms with Crippen LogP contribution in [0.15, 0.2) is 42.5 Å². The van der Waals surface area contributed by atoms with Crippen LogP contribution in [0.1, 0.15) is 49.0 Å². The Morgan fingerprint density at radius 2 is 1.97 bits per heavy atom. The molecule has 2 heterocycles. The zero-order valence-corrected chi connectivity index (χ0v) is 20.6. The number of amides is 3. The van der Waals surface area contributed by atoms with Crippen molar-refractivity contribution in [1.29, 1.82) is 0 Å². The van der Waals surface area contributed by atoms with Crippen molar-refractivity contribution in [2.75, 3.05) is 13.2 Å². The summed E-state index contributed by atoms with van der Waals surface area (Å²) >= 11 is 0. The lowest BCUT2D eigenvalue weighted by atomic mass is 9.96. The summed E-state index contributed by atoms with van der Waals surface area (Å²) in [5.41, 5.74) is -1.50. The van der Waals surface area contributed by atoms with Crippen LogP contribution >= 0.6 is 0 Å². The minimum Gasteiger partial charge on any atom is -0.457 e. The fourth-order valence-electron chi connectivity index (χ4n) is 4.30. The highest BCUT2D eigenvalue weighted by Gasteiger charge is 2.45. The Hall–Kier alpha value is -3.64. The third-order valence-corrected chi connectivity index (χ3v) is 6.53. The summed E-state index contributed by atoms with van der Waals surface area (Å²) < 4.78 is 51.4. The van der Waals surface area contributed by atoms with Gasteiger partial charge in [-0.05, 0) is 48.7 Å². The van der Waals surface area contributed by atoms with Gasteiger partial charge in [-0.2, -0.15) is 13.2 Å². The van der Waals surface area contributed by atoms with E-state index >= 15 is 0 Å². The van der Waals surface area contributed by atoms with E-state index in [1.54, 1.807) is 12.1 Å². The number of nitrogens with one attached hydrogen (secondary N) is 3. The maximum Gasteiger partial charge on any atom is 0.419 e. The average molecular weight is 536 g/mol. The number of hydrogen-bond donors (Lipinski definition) is 4. The highest BCUT2D eigenvalue weighted by atomic mass is 19.4. The Morgan fingerprint density at radius 1 is 1.24 bits per heavy atom. The van der Waals surface area contributed by atoms with Gasteiger partial charge >= 0.3 is 6.18 Å². The van der Waals surface area contributed by atoms with E-state index < -0.39 is 47.0 Å². The van der Waals surface area contributed by atoms with Crippen LogP contribution in [0.5, 0.6) is 11.5 Å². The van der Waals surface area contributed by atoms with Crippen molar-refractivity contribution < 1.29 is 42.1 Å². The van der Waals surface area contributed by atoms with Crippen LogP contribution in [-0.4, -0.2) is 47.6 Å². The van der Waals surface area contributed by atoms with Gasteiger partial charge in [-0.25, -0.2) is 0 Å². The summed E-state index contributed by atoms with van der Waals surface area (Å²) in [6, 6.07) is 8.82. The van der Waals surface area contributed by atoms with Gasteiger partial charge in [-0.1, -0.05) is 18.2 Å². The molecule has 2 aromatic rings. The molecule has 2 saturated heterocycles. The van der Waals surface area contributed by atoms with E-state index in [-0.39, 0.29) is 49.8 Å². The molecule has 4 rings (SSSR count). The molecule has 0 aromatic heterocycles. The lowest BCUT2D eigenvalue weighted by molar-refractivity contribution is -0.138. The molecular weight excluding hydrogens is 507 g/mol. The maximum atomic E-state index is 13.5. The van der Waals surface area contributed by atoms with Gasteiger partial charge in [-0.3, -0.25) is 14.4 Å².